The molecule has 29 heavy (non-hydrogen) atoms. The van der Waals surface area contributed by atoms with Crippen molar-refractivity contribution < 1.29 is 14.3 Å². The zero-order valence-corrected chi connectivity index (χ0v) is 16.8. The van der Waals surface area contributed by atoms with E-state index in [9.17, 15) is 9.59 Å². The van der Waals surface area contributed by atoms with Gasteiger partial charge >= 0.3 is 5.97 Å². The molecule has 1 aromatic heterocycles. The van der Waals surface area contributed by atoms with Gasteiger partial charge in [-0.15, -0.1) is 0 Å². The molecular formula is C22H22N2O4S. The van der Waals surface area contributed by atoms with Gasteiger partial charge in [0.05, 0.1) is 29.3 Å². The lowest BCUT2D eigenvalue weighted by Gasteiger charge is -2.16. The topological polar surface area (TPSA) is 70.4 Å². The molecule has 0 aliphatic carbocycles. The maximum atomic E-state index is 13.0. The van der Waals surface area contributed by atoms with Crippen molar-refractivity contribution >= 4 is 28.6 Å². The van der Waals surface area contributed by atoms with Crippen LogP contribution in [0.3, 0.4) is 0 Å². The molecule has 0 spiro atoms. The molecule has 3 aromatic rings. The van der Waals surface area contributed by atoms with Gasteiger partial charge < -0.3 is 9.47 Å². The van der Waals surface area contributed by atoms with Crippen LogP contribution >= 0.6 is 11.8 Å². The Hall–Kier alpha value is -2.64. The minimum absolute atomic E-state index is 0.0000411. The number of thioether (sulfide) groups is 1. The minimum atomic E-state index is -0.343. The van der Waals surface area contributed by atoms with E-state index < -0.39 is 0 Å². The Morgan fingerprint density at radius 3 is 2.76 bits per heavy atom. The number of hydrogen-bond acceptors (Lipinski definition) is 6. The first-order valence-corrected chi connectivity index (χ1v) is 10.6. The quantitative estimate of drug-likeness (QED) is 0.338. The molecule has 7 heteroatoms. The minimum Gasteiger partial charge on any atom is -0.460 e. The lowest BCUT2D eigenvalue weighted by Crippen LogP contribution is -2.29. The normalized spacial score (nSPS) is 16.2. The van der Waals surface area contributed by atoms with Crippen LogP contribution in [0.2, 0.25) is 0 Å². The van der Waals surface area contributed by atoms with Gasteiger partial charge in [0.1, 0.15) is 6.61 Å². The Kier molecular flexibility index (Phi) is 6.27. The second-order valence-corrected chi connectivity index (χ2v) is 7.84. The molecule has 1 aliphatic heterocycles. The maximum Gasteiger partial charge on any atom is 0.316 e. The smallest absolute Gasteiger partial charge is 0.316 e. The largest absolute Gasteiger partial charge is 0.460 e. The highest BCUT2D eigenvalue weighted by atomic mass is 32.2. The van der Waals surface area contributed by atoms with Crippen LogP contribution < -0.4 is 5.56 Å². The number of hydrogen-bond donors (Lipinski definition) is 0. The Labute approximate surface area is 172 Å². The van der Waals surface area contributed by atoms with Crippen LogP contribution in [0.1, 0.15) is 18.4 Å². The standard InChI is InChI=1S/C22H22N2O4S/c25-20(28-14-16-7-2-1-3-8-16)15-29-22-23-19-11-5-4-10-18(19)21(26)24(22)13-17-9-6-12-27-17/h1-5,7-8,10-11,17H,6,9,12-15H2/t17-/m0/s1. The molecule has 0 radical (unpaired) electrons. The predicted molar refractivity (Wildman–Crippen MR) is 112 cm³/mol. The first-order valence-electron chi connectivity index (χ1n) is 9.64. The Bertz CT molecular complexity index is 1050. The average Bonchev–Trinajstić information content (AvgIpc) is 3.27. The molecular weight excluding hydrogens is 388 g/mol. The predicted octanol–water partition coefficient (Wildman–Crippen LogP) is 3.41. The van der Waals surface area contributed by atoms with Crippen molar-refractivity contribution in [3.05, 3.63) is 70.5 Å². The van der Waals surface area contributed by atoms with Gasteiger partial charge in [0.15, 0.2) is 5.16 Å². The zero-order valence-electron chi connectivity index (χ0n) is 16.0. The summed E-state index contributed by atoms with van der Waals surface area (Å²) in [6.07, 6.45) is 1.91. The third-order valence-corrected chi connectivity index (χ3v) is 5.75. The molecule has 6 nitrogen and oxygen atoms in total. The van der Waals surface area contributed by atoms with E-state index in [0.717, 1.165) is 18.4 Å². The Morgan fingerprint density at radius 1 is 1.17 bits per heavy atom. The molecule has 2 heterocycles. The molecule has 0 N–H and O–H groups in total. The molecule has 1 saturated heterocycles. The van der Waals surface area contributed by atoms with Crippen LogP contribution in [-0.2, 0) is 27.4 Å². The first kappa shape index (κ1) is 19.7. The molecule has 0 saturated carbocycles. The third kappa shape index (κ3) is 4.86. The number of benzene rings is 2. The molecule has 1 fully saturated rings. The van der Waals surface area contributed by atoms with Crippen molar-refractivity contribution in [1.82, 2.24) is 9.55 Å². The average molecular weight is 410 g/mol. The number of para-hydroxylation sites is 1. The van der Waals surface area contributed by atoms with Gasteiger partial charge in [-0.25, -0.2) is 4.98 Å². The lowest BCUT2D eigenvalue weighted by molar-refractivity contribution is -0.141. The summed E-state index contributed by atoms with van der Waals surface area (Å²) in [6.45, 7) is 1.39. The Morgan fingerprint density at radius 2 is 1.97 bits per heavy atom. The first-order chi connectivity index (χ1) is 14.2. The van der Waals surface area contributed by atoms with E-state index in [2.05, 4.69) is 4.98 Å². The summed E-state index contributed by atoms with van der Waals surface area (Å²) in [4.78, 5) is 29.9. The van der Waals surface area contributed by atoms with Crippen molar-refractivity contribution in [3.63, 3.8) is 0 Å². The Balaban J connectivity index is 1.50. The number of ether oxygens (including phenoxy) is 2. The second kappa shape index (κ2) is 9.24. The fourth-order valence-corrected chi connectivity index (χ4v) is 4.12. The molecule has 1 atom stereocenters. The van der Waals surface area contributed by atoms with E-state index in [1.54, 1.807) is 10.6 Å². The van der Waals surface area contributed by atoms with Crippen LogP contribution in [0.5, 0.6) is 0 Å². The molecule has 0 bridgehead atoms. The number of aromatic nitrogens is 2. The summed E-state index contributed by atoms with van der Waals surface area (Å²) >= 11 is 1.22. The van der Waals surface area contributed by atoms with E-state index in [1.165, 1.54) is 11.8 Å². The molecule has 2 aromatic carbocycles. The number of esters is 1. The van der Waals surface area contributed by atoms with E-state index in [0.29, 0.717) is 29.2 Å². The molecule has 0 amide bonds. The van der Waals surface area contributed by atoms with Crippen LogP contribution in [-0.4, -0.2) is 34.0 Å². The number of rotatable bonds is 7. The van der Waals surface area contributed by atoms with Crippen molar-refractivity contribution in [3.8, 4) is 0 Å². The molecule has 1 aliphatic rings. The van der Waals surface area contributed by atoms with Gasteiger partial charge in [-0.1, -0.05) is 54.2 Å². The molecule has 0 unspecified atom stereocenters. The van der Waals surface area contributed by atoms with Gasteiger partial charge in [0.25, 0.3) is 5.56 Å². The second-order valence-electron chi connectivity index (χ2n) is 6.90. The fourth-order valence-electron chi connectivity index (χ4n) is 3.31. The monoisotopic (exact) mass is 410 g/mol. The van der Waals surface area contributed by atoms with E-state index in [1.807, 2.05) is 48.5 Å². The summed E-state index contributed by atoms with van der Waals surface area (Å²) < 4.78 is 12.7. The van der Waals surface area contributed by atoms with E-state index >= 15 is 0 Å². The SMILES string of the molecule is O=C(CSc1nc2ccccc2c(=O)n1C[C@@H]1CCCO1)OCc1ccccc1. The summed E-state index contributed by atoms with van der Waals surface area (Å²) in [5.41, 5.74) is 1.46. The fraction of sp³-hybridized carbons (Fsp3) is 0.318. The number of fused-ring (bicyclic) bond motifs is 1. The van der Waals surface area contributed by atoms with Crippen LogP contribution in [0.25, 0.3) is 10.9 Å². The van der Waals surface area contributed by atoms with Gasteiger partial charge in [0.2, 0.25) is 0 Å². The lowest BCUT2D eigenvalue weighted by atomic mass is 10.2. The highest BCUT2D eigenvalue weighted by molar-refractivity contribution is 7.99. The van der Waals surface area contributed by atoms with Crippen molar-refractivity contribution in [2.45, 2.75) is 37.3 Å². The van der Waals surface area contributed by atoms with Gasteiger partial charge in [-0.05, 0) is 30.5 Å². The van der Waals surface area contributed by atoms with E-state index in [-0.39, 0.29) is 30.0 Å². The zero-order chi connectivity index (χ0) is 20.1. The number of nitrogens with zero attached hydrogens (tertiary/aromatic N) is 2. The molecule has 150 valence electrons. The van der Waals surface area contributed by atoms with E-state index in [4.69, 9.17) is 9.47 Å². The highest BCUT2D eigenvalue weighted by Gasteiger charge is 2.20. The molecule has 4 rings (SSSR count). The van der Waals surface area contributed by atoms with Crippen molar-refractivity contribution in [2.24, 2.45) is 0 Å². The van der Waals surface area contributed by atoms with Crippen LogP contribution in [0.15, 0.2) is 64.5 Å². The summed E-state index contributed by atoms with van der Waals surface area (Å²) in [5.74, 6) is -0.256. The number of carbonyl (C=O) groups is 1. The van der Waals surface area contributed by atoms with Crippen molar-refractivity contribution in [2.75, 3.05) is 12.4 Å². The van der Waals surface area contributed by atoms with Crippen LogP contribution in [0, 0.1) is 0 Å². The van der Waals surface area contributed by atoms with Gasteiger partial charge in [-0.3, -0.25) is 14.2 Å². The highest BCUT2D eigenvalue weighted by Crippen LogP contribution is 2.21. The van der Waals surface area contributed by atoms with Gasteiger partial charge in [0, 0.05) is 6.61 Å². The maximum absolute atomic E-state index is 13.0. The summed E-state index contributed by atoms with van der Waals surface area (Å²) in [5, 5.41) is 1.09. The van der Waals surface area contributed by atoms with Gasteiger partial charge in [-0.2, -0.15) is 0 Å². The van der Waals surface area contributed by atoms with Crippen LogP contribution in [0.4, 0.5) is 0 Å². The number of carbonyl (C=O) groups excluding carboxylic acids is 1. The third-order valence-electron chi connectivity index (χ3n) is 4.80. The van der Waals surface area contributed by atoms with Crippen molar-refractivity contribution in [1.29, 1.82) is 0 Å². The summed E-state index contributed by atoms with van der Waals surface area (Å²) in [7, 11) is 0. The summed E-state index contributed by atoms with van der Waals surface area (Å²) in [6, 6.07) is 16.8.